The van der Waals surface area contributed by atoms with Crippen LogP contribution in [0, 0.1) is 58.2 Å². The molecule has 0 spiro atoms. The van der Waals surface area contributed by atoms with Crippen molar-refractivity contribution in [3.63, 3.8) is 0 Å². The largest absolute Gasteiger partial charge is 0.393 e. The second kappa shape index (κ2) is 1.70. The highest BCUT2D eigenvalue weighted by molar-refractivity contribution is 5.98. The fraction of sp³-hybridized carbons (Fsp3) is 0.857. The minimum Gasteiger partial charge on any atom is -0.393 e. The minimum absolute atomic E-state index is 0.0482. The van der Waals surface area contributed by atoms with E-state index in [2.05, 4.69) is 13.8 Å². The minimum atomic E-state index is -0.200. The number of hydrogen-bond acceptors (Lipinski definition) is 3. The van der Waals surface area contributed by atoms with E-state index in [1.165, 1.54) is 0 Å². The molecule has 7 aliphatic rings. The van der Waals surface area contributed by atoms with Gasteiger partial charge in [0.2, 0.25) is 0 Å². The molecule has 0 aromatic heterocycles. The van der Waals surface area contributed by atoms with Crippen molar-refractivity contribution in [3.8, 4) is 0 Å². The first-order valence-electron chi connectivity index (χ1n) is 6.80. The Morgan fingerprint density at radius 3 is 1.53 bits per heavy atom. The summed E-state index contributed by atoms with van der Waals surface area (Å²) >= 11 is 0. The monoisotopic (exact) mass is 230 g/mol. The first kappa shape index (κ1) is 8.28. The molecule has 0 N–H and O–H groups in total. The smallest absolute Gasteiger partial charge is 0.317 e. The van der Waals surface area contributed by atoms with E-state index in [0.29, 0.717) is 22.7 Å². The van der Waals surface area contributed by atoms with E-state index in [4.69, 9.17) is 4.74 Å². The van der Waals surface area contributed by atoms with Gasteiger partial charge in [-0.05, 0) is 46.3 Å². The second-order valence-electron chi connectivity index (χ2n) is 7.61. The summed E-state index contributed by atoms with van der Waals surface area (Å²) in [7, 11) is 0. The van der Waals surface area contributed by atoms with Gasteiger partial charge in [-0.2, -0.15) is 0 Å². The van der Waals surface area contributed by atoms with Gasteiger partial charge in [0.15, 0.2) is 0 Å². The Morgan fingerprint density at radius 2 is 1.18 bits per heavy atom. The summed E-state index contributed by atoms with van der Waals surface area (Å²) in [6, 6.07) is 0. The Labute approximate surface area is 98.9 Å². The van der Waals surface area contributed by atoms with E-state index in [1.54, 1.807) is 0 Å². The Morgan fingerprint density at radius 1 is 0.824 bits per heavy atom. The molecular weight excluding hydrogens is 216 g/mol. The molecule has 0 aromatic rings. The maximum absolute atomic E-state index is 11.8. The molecule has 1 aliphatic heterocycles. The molecule has 0 amide bonds. The number of esters is 2. The van der Waals surface area contributed by atoms with Crippen molar-refractivity contribution in [2.45, 2.75) is 13.8 Å². The summed E-state index contributed by atoms with van der Waals surface area (Å²) in [5, 5.41) is 0. The van der Waals surface area contributed by atoms with E-state index in [-0.39, 0.29) is 23.8 Å². The number of ether oxygens (including phenoxy) is 1. The molecule has 17 heavy (non-hydrogen) atoms. The molecular formula is C14H14O3. The van der Waals surface area contributed by atoms with Gasteiger partial charge in [-0.1, -0.05) is 13.8 Å². The Hall–Kier alpha value is -0.860. The van der Waals surface area contributed by atoms with Crippen molar-refractivity contribution in [1.82, 2.24) is 0 Å². The topological polar surface area (TPSA) is 43.4 Å². The van der Waals surface area contributed by atoms with Crippen molar-refractivity contribution in [1.29, 1.82) is 0 Å². The van der Waals surface area contributed by atoms with Crippen LogP contribution in [0.3, 0.4) is 0 Å². The third-order valence-electron chi connectivity index (χ3n) is 8.32. The maximum atomic E-state index is 11.8. The van der Waals surface area contributed by atoms with Gasteiger partial charge < -0.3 is 4.74 Å². The Bertz CT molecular complexity index is 482. The van der Waals surface area contributed by atoms with Gasteiger partial charge in [0.25, 0.3) is 0 Å². The van der Waals surface area contributed by atoms with Crippen molar-refractivity contribution in [2.75, 3.05) is 0 Å². The molecule has 7 rings (SSSR count). The highest BCUT2D eigenvalue weighted by atomic mass is 16.6. The fourth-order valence-electron chi connectivity index (χ4n) is 8.16. The van der Waals surface area contributed by atoms with E-state index < -0.39 is 0 Å². The summed E-state index contributed by atoms with van der Waals surface area (Å²) < 4.78 is 4.92. The first-order chi connectivity index (χ1) is 8.04. The van der Waals surface area contributed by atoms with Crippen molar-refractivity contribution >= 4 is 11.9 Å². The van der Waals surface area contributed by atoms with E-state index >= 15 is 0 Å². The summed E-state index contributed by atoms with van der Waals surface area (Å²) in [4.78, 5) is 23.7. The highest BCUT2D eigenvalue weighted by Gasteiger charge is 3.02. The Kier molecular flexibility index (Phi) is 0.830. The number of carbonyl (C=O) groups excluding carboxylic acids is 2. The predicted octanol–water partition coefficient (Wildman–Crippen LogP) is 1.08. The summed E-state index contributed by atoms with van der Waals surface area (Å²) in [5.41, 5.74) is 1.06. The number of cyclic esters (lactones) is 2. The summed E-state index contributed by atoms with van der Waals surface area (Å²) in [6.45, 7) is 4.84. The molecule has 0 aromatic carbocycles. The lowest BCUT2D eigenvalue weighted by Crippen LogP contribution is -3.01. The maximum Gasteiger partial charge on any atom is 0.317 e. The van der Waals surface area contributed by atoms with Crippen LogP contribution in [0.5, 0.6) is 0 Å². The van der Waals surface area contributed by atoms with Crippen LogP contribution in [0.2, 0.25) is 0 Å². The van der Waals surface area contributed by atoms with Crippen molar-refractivity contribution < 1.29 is 14.3 Å². The standard InChI is InChI=1S/C14H14O3/c1-13-7-5-3-4(12(16)17-11(3)15)6-9(7)14(13,2)10(6)8(5)13/h3-10H,1-2H3. The summed E-state index contributed by atoms with van der Waals surface area (Å²) in [5.74, 6) is 3.49. The van der Waals surface area contributed by atoms with Crippen LogP contribution in [0.1, 0.15) is 13.8 Å². The molecule has 2 bridgehead atoms. The molecule has 6 unspecified atom stereocenters. The molecule has 1 heterocycles. The number of hydrogen-bond donors (Lipinski definition) is 0. The molecule has 0 radical (unpaired) electrons. The van der Waals surface area contributed by atoms with Crippen LogP contribution < -0.4 is 0 Å². The zero-order valence-corrected chi connectivity index (χ0v) is 9.84. The predicted molar refractivity (Wildman–Crippen MR) is 55.2 cm³/mol. The van der Waals surface area contributed by atoms with Gasteiger partial charge in [0.05, 0.1) is 11.8 Å². The third-order valence-corrected chi connectivity index (χ3v) is 8.32. The average molecular weight is 230 g/mol. The van der Waals surface area contributed by atoms with Crippen molar-refractivity contribution in [3.05, 3.63) is 0 Å². The molecule has 3 heteroatoms. The van der Waals surface area contributed by atoms with Crippen LogP contribution >= 0.6 is 0 Å². The molecule has 6 saturated carbocycles. The van der Waals surface area contributed by atoms with Crippen LogP contribution in [0.15, 0.2) is 0 Å². The highest BCUT2D eigenvalue weighted by Crippen LogP contribution is 3.03. The fourth-order valence-corrected chi connectivity index (χ4v) is 8.16. The van der Waals surface area contributed by atoms with E-state index in [0.717, 1.165) is 23.7 Å². The lowest BCUT2D eigenvalue weighted by Gasteiger charge is -3.03. The van der Waals surface area contributed by atoms with Gasteiger partial charge in [-0.15, -0.1) is 0 Å². The lowest BCUT2D eigenvalue weighted by atomic mass is 9.00. The van der Waals surface area contributed by atoms with Gasteiger partial charge >= 0.3 is 11.9 Å². The zero-order chi connectivity index (χ0) is 11.5. The first-order valence-corrected chi connectivity index (χ1v) is 6.80. The van der Waals surface area contributed by atoms with Crippen molar-refractivity contribution in [2.24, 2.45) is 58.2 Å². The third kappa shape index (κ3) is 0.407. The van der Waals surface area contributed by atoms with E-state index in [1.807, 2.05) is 0 Å². The Balaban J connectivity index is 1.58. The van der Waals surface area contributed by atoms with Crippen LogP contribution in [-0.2, 0) is 14.3 Å². The van der Waals surface area contributed by atoms with Crippen LogP contribution in [-0.4, -0.2) is 11.9 Å². The van der Waals surface area contributed by atoms with Crippen LogP contribution in [0.25, 0.3) is 0 Å². The quantitative estimate of drug-likeness (QED) is 0.462. The molecule has 7 fully saturated rings. The average Bonchev–Trinajstić information content (AvgIpc) is 2.62. The summed E-state index contributed by atoms with van der Waals surface area (Å²) in [6.07, 6.45) is 0. The molecule has 6 aliphatic carbocycles. The SMILES string of the molecule is CC12C3C4C5C(=O)OC(=O)C5C5C3C1(C)C5C42. The van der Waals surface area contributed by atoms with Gasteiger partial charge in [0.1, 0.15) is 0 Å². The number of rotatable bonds is 0. The van der Waals surface area contributed by atoms with E-state index in [9.17, 15) is 9.59 Å². The zero-order valence-electron chi connectivity index (χ0n) is 9.84. The normalized spacial score (nSPS) is 79.2. The van der Waals surface area contributed by atoms with Gasteiger partial charge in [-0.25, -0.2) is 0 Å². The molecule has 3 nitrogen and oxygen atoms in total. The lowest BCUT2D eigenvalue weighted by molar-refractivity contribution is -0.571. The molecule has 1 saturated heterocycles. The van der Waals surface area contributed by atoms with Gasteiger partial charge in [0, 0.05) is 0 Å². The molecule has 6 atom stereocenters. The number of carbonyl (C=O) groups is 2. The second-order valence-corrected chi connectivity index (χ2v) is 7.61. The van der Waals surface area contributed by atoms with Crippen LogP contribution in [0.4, 0.5) is 0 Å². The van der Waals surface area contributed by atoms with Gasteiger partial charge in [-0.3, -0.25) is 9.59 Å². The molecule has 88 valence electrons.